The van der Waals surface area contributed by atoms with Crippen LogP contribution in [-0.2, 0) is 6.54 Å². The molecule has 1 atom stereocenters. The van der Waals surface area contributed by atoms with Crippen molar-refractivity contribution in [3.63, 3.8) is 0 Å². The second-order valence-electron chi connectivity index (χ2n) is 5.77. The van der Waals surface area contributed by atoms with E-state index in [-0.39, 0.29) is 17.7 Å². The average Bonchev–Trinajstić information content (AvgIpc) is 3.25. The Hall–Kier alpha value is -2.81. The van der Waals surface area contributed by atoms with E-state index in [9.17, 15) is 9.18 Å². The Bertz CT molecular complexity index is 904. The molecular formula is C15H15FN6O2. The summed E-state index contributed by atoms with van der Waals surface area (Å²) in [6.45, 7) is 1.31. The van der Waals surface area contributed by atoms with E-state index < -0.39 is 5.91 Å². The van der Waals surface area contributed by atoms with Crippen molar-refractivity contribution in [2.75, 3.05) is 6.54 Å². The van der Waals surface area contributed by atoms with Gasteiger partial charge in [0.15, 0.2) is 5.82 Å². The summed E-state index contributed by atoms with van der Waals surface area (Å²) in [4.78, 5) is 24.7. The summed E-state index contributed by atoms with van der Waals surface area (Å²) >= 11 is 0. The maximum atomic E-state index is 13.8. The number of nitrogens with one attached hydrogen (secondary N) is 1. The van der Waals surface area contributed by atoms with Crippen molar-refractivity contribution in [1.29, 1.82) is 0 Å². The Morgan fingerprint density at radius 2 is 2.33 bits per heavy atom. The van der Waals surface area contributed by atoms with Crippen LogP contribution in [0.25, 0.3) is 11.0 Å². The molecule has 3 aromatic rings. The lowest BCUT2D eigenvalue weighted by molar-refractivity contribution is 0.0987. The van der Waals surface area contributed by atoms with Crippen LogP contribution in [0, 0.1) is 5.82 Å². The quantitative estimate of drug-likeness (QED) is 0.749. The van der Waals surface area contributed by atoms with Crippen molar-refractivity contribution in [2.45, 2.75) is 25.4 Å². The number of fused-ring (bicyclic) bond motifs is 1. The summed E-state index contributed by atoms with van der Waals surface area (Å²) in [6, 6.07) is 4.70. The fraction of sp³-hybridized carbons (Fsp3) is 0.333. The third-order valence-electron chi connectivity index (χ3n) is 4.18. The molecule has 0 unspecified atom stereocenters. The van der Waals surface area contributed by atoms with Crippen LogP contribution in [-0.4, -0.2) is 37.5 Å². The molecule has 0 spiro atoms. The maximum absolute atomic E-state index is 13.8. The topological polar surface area (TPSA) is 114 Å². The maximum Gasteiger partial charge on any atom is 0.290 e. The molecule has 2 aromatic heterocycles. The molecule has 124 valence electrons. The number of carbonyl (C=O) groups excluding carboxylic acids is 1. The van der Waals surface area contributed by atoms with Crippen LogP contribution in [0.1, 0.15) is 41.2 Å². The monoisotopic (exact) mass is 330 g/mol. The molecule has 1 aliphatic rings. The first-order chi connectivity index (χ1) is 11.6. The number of benzene rings is 1. The number of carbonyl (C=O) groups is 1. The fourth-order valence-corrected chi connectivity index (χ4v) is 3.08. The molecule has 4 rings (SSSR count). The number of rotatable bonds is 4. The van der Waals surface area contributed by atoms with Crippen LogP contribution in [0.4, 0.5) is 4.39 Å². The van der Waals surface area contributed by atoms with Crippen molar-refractivity contribution in [3.8, 4) is 0 Å². The van der Waals surface area contributed by atoms with Gasteiger partial charge in [0.25, 0.3) is 11.7 Å². The number of amides is 1. The van der Waals surface area contributed by atoms with Gasteiger partial charge in [-0.1, -0.05) is 11.2 Å². The van der Waals surface area contributed by atoms with Crippen molar-refractivity contribution in [1.82, 2.24) is 25.0 Å². The van der Waals surface area contributed by atoms with E-state index in [2.05, 4.69) is 25.0 Å². The summed E-state index contributed by atoms with van der Waals surface area (Å²) in [5, 5.41) is 3.59. The molecule has 1 fully saturated rings. The summed E-state index contributed by atoms with van der Waals surface area (Å²) in [7, 11) is 0. The van der Waals surface area contributed by atoms with Crippen molar-refractivity contribution >= 4 is 16.9 Å². The number of nitrogens with two attached hydrogens (primary N) is 1. The second-order valence-corrected chi connectivity index (χ2v) is 5.77. The number of imidazole rings is 1. The van der Waals surface area contributed by atoms with Gasteiger partial charge in [-0.05, 0) is 31.5 Å². The summed E-state index contributed by atoms with van der Waals surface area (Å²) < 4.78 is 18.9. The average molecular weight is 330 g/mol. The van der Waals surface area contributed by atoms with E-state index in [0.717, 1.165) is 19.4 Å². The van der Waals surface area contributed by atoms with E-state index in [1.54, 1.807) is 12.1 Å². The van der Waals surface area contributed by atoms with Crippen LogP contribution in [0.2, 0.25) is 0 Å². The lowest BCUT2D eigenvalue weighted by Gasteiger charge is -2.19. The zero-order valence-corrected chi connectivity index (χ0v) is 12.7. The van der Waals surface area contributed by atoms with Gasteiger partial charge in [-0.25, -0.2) is 9.37 Å². The first-order valence-electron chi connectivity index (χ1n) is 7.62. The molecule has 0 saturated carbocycles. The third kappa shape index (κ3) is 2.52. The number of aromatic nitrogens is 4. The van der Waals surface area contributed by atoms with Gasteiger partial charge in [-0.3, -0.25) is 9.69 Å². The number of likely N-dealkylation sites (tertiary alicyclic amines) is 1. The molecule has 1 aliphatic heterocycles. The first kappa shape index (κ1) is 14.8. The number of hydrogen-bond acceptors (Lipinski definition) is 6. The van der Waals surface area contributed by atoms with Gasteiger partial charge in [-0.15, -0.1) is 0 Å². The number of hydrogen-bond donors (Lipinski definition) is 2. The minimum absolute atomic E-state index is 0.108. The van der Waals surface area contributed by atoms with Gasteiger partial charge in [0, 0.05) is 0 Å². The minimum Gasteiger partial charge on any atom is -0.363 e. The SMILES string of the molecule is NC(=O)c1noc([C@@H]2CCCN2Cc2nc3c(F)cccc3[nH]2)n1. The smallest absolute Gasteiger partial charge is 0.290 e. The van der Waals surface area contributed by atoms with Gasteiger partial charge < -0.3 is 15.2 Å². The van der Waals surface area contributed by atoms with E-state index in [1.165, 1.54) is 6.07 Å². The zero-order chi connectivity index (χ0) is 16.7. The molecule has 1 aromatic carbocycles. The summed E-state index contributed by atoms with van der Waals surface area (Å²) in [5.74, 6) is -0.166. The standard InChI is InChI=1S/C15H15FN6O2/c16-8-3-1-4-9-12(8)19-11(18-9)7-22-6-2-5-10(22)15-20-14(13(17)23)21-24-15/h1,3-4,10H,2,5-7H2,(H2,17,23)(H,18,19)/t10-/m0/s1. The van der Waals surface area contributed by atoms with Crippen LogP contribution in [0.3, 0.4) is 0 Å². The zero-order valence-electron chi connectivity index (χ0n) is 12.7. The highest BCUT2D eigenvalue weighted by Gasteiger charge is 2.31. The first-order valence-corrected chi connectivity index (χ1v) is 7.62. The predicted octanol–water partition coefficient (Wildman–Crippen LogP) is 1.52. The van der Waals surface area contributed by atoms with Crippen molar-refractivity contribution < 1.29 is 13.7 Å². The fourth-order valence-electron chi connectivity index (χ4n) is 3.08. The Labute approximate surface area is 135 Å². The Morgan fingerprint density at radius 1 is 1.46 bits per heavy atom. The molecule has 9 heteroatoms. The van der Waals surface area contributed by atoms with Gasteiger partial charge in [0.05, 0.1) is 18.1 Å². The number of aromatic amines is 1. The number of para-hydroxylation sites is 1. The van der Waals surface area contributed by atoms with Crippen LogP contribution in [0.5, 0.6) is 0 Å². The number of H-pyrrole nitrogens is 1. The van der Waals surface area contributed by atoms with Gasteiger partial charge in [-0.2, -0.15) is 4.98 Å². The van der Waals surface area contributed by atoms with Gasteiger partial charge >= 0.3 is 0 Å². The molecule has 8 nitrogen and oxygen atoms in total. The van der Waals surface area contributed by atoms with Crippen LogP contribution >= 0.6 is 0 Å². The number of nitrogens with zero attached hydrogens (tertiary/aromatic N) is 4. The largest absolute Gasteiger partial charge is 0.363 e. The van der Waals surface area contributed by atoms with Crippen molar-refractivity contribution in [2.24, 2.45) is 5.73 Å². The van der Waals surface area contributed by atoms with Gasteiger partial charge in [0.1, 0.15) is 11.3 Å². The third-order valence-corrected chi connectivity index (χ3v) is 4.18. The van der Waals surface area contributed by atoms with E-state index >= 15 is 0 Å². The molecule has 3 heterocycles. The van der Waals surface area contributed by atoms with E-state index in [1.807, 2.05) is 0 Å². The summed E-state index contributed by atoms with van der Waals surface area (Å²) in [6.07, 6.45) is 1.78. The van der Waals surface area contributed by atoms with Gasteiger partial charge in [0.2, 0.25) is 5.89 Å². The molecule has 24 heavy (non-hydrogen) atoms. The Morgan fingerprint density at radius 3 is 3.08 bits per heavy atom. The lowest BCUT2D eigenvalue weighted by atomic mass is 10.2. The molecular weight excluding hydrogens is 315 g/mol. The molecule has 3 N–H and O–H groups in total. The lowest BCUT2D eigenvalue weighted by Crippen LogP contribution is -2.24. The normalized spacial score (nSPS) is 18.5. The molecule has 0 bridgehead atoms. The molecule has 1 saturated heterocycles. The Kier molecular flexibility index (Phi) is 3.49. The molecule has 0 aliphatic carbocycles. The predicted molar refractivity (Wildman–Crippen MR) is 81.3 cm³/mol. The van der Waals surface area contributed by atoms with E-state index in [0.29, 0.717) is 29.3 Å². The number of primary amides is 1. The molecule has 0 radical (unpaired) electrons. The van der Waals surface area contributed by atoms with Crippen LogP contribution < -0.4 is 5.73 Å². The highest BCUT2D eigenvalue weighted by atomic mass is 19.1. The number of halogens is 1. The van der Waals surface area contributed by atoms with E-state index in [4.69, 9.17) is 10.3 Å². The highest BCUT2D eigenvalue weighted by Crippen LogP contribution is 2.32. The van der Waals surface area contributed by atoms with Crippen molar-refractivity contribution in [3.05, 3.63) is 41.6 Å². The minimum atomic E-state index is -0.720. The Balaban J connectivity index is 1.57. The summed E-state index contributed by atoms with van der Waals surface area (Å²) in [5.41, 5.74) is 6.15. The second kappa shape index (κ2) is 5.68. The molecule has 1 amide bonds. The van der Waals surface area contributed by atoms with Crippen LogP contribution in [0.15, 0.2) is 22.7 Å². The highest BCUT2D eigenvalue weighted by molar-refractivity contribution is 5.88.